The first-order valence-corrected chi connectivity index (χ1v) is 11.5. The van der Waals surface area contributed by atoms with Crippen molar-refractivity contribution in [1.82, 2.24) is 4.90 Å². The van der Waals surface area contributed by atoms with Crippen molar-refractivity contribution in [3.8, 4) is 11.1 Å². The van der Waals surface area contributed by atoms with Gasteiger partial charge in [-0.05, 0) is 59.5 Å². The van der Waals surface area contributed by atoms with E-state index in [0.717, 1.165) is 28.8 Å². The number of fused-ring (bicyclic) bond motifs is 1. The van der Waals surface area contributed by atoms with Crippen molar-refractivity contribution < 1.29 is 32.3 Å². The number of amides is 3. The van der Waals surface area contributed by atoms with Gasteiger partial charge in [-0.1, -0.05) is 30.3 Å². The lowest BCUT2D eigenvalue weighted by molar-refractivity contribution is -0.141. The summed E-state index contributed by atoms with van der Waals surface area (Å²) in [6, 6.07) is 16.2. The maximum absolute atomic E-state index is 12.9. The highest BCUT2D eigenvalue weighted by molar-refractivity contribution is 6.00. The van der Waals surface area contributed by atoms with Crippen LogP contribution in [0.1, 0.15) is 34.3 Å². The number of benzene rings is 3. The number of ether oxygens (including phenoxy) is 1. The molecule has 10 heteroatoms. The summed E-state index contributed by atoms with van der Waals surface area (Å²) in [7, 11) is 1.33. The van der Waals surface area contributed by atoms with Crippen molar-refractivity contribution in [1.29, 1.82) is 0 Å². The number of urea groups is 1. The minimum Gasteiger partial charge on any atom is -0.469 e. The van der Waals surface area contributed by atoms with Crippen molar-refractivity contribution >= 4 is 29.3 Å². The van der Waals surface area contributed by atoms with Gasteiger partial charge in [0.25, 0.3) is 5.91 Å². The first-order chi connectivity index (χ1) is 17.6. The number of carbonyl (C=O) groups excluding carboxylic acids is 3. The molecule has 3 aromatic carbocycles. The van der Waals surface area contributed by atoms with Crippen molar-refractivity contribution in [2.24, 2.45) is 0 Å². The first kappa shape index (κ1) is 25.7. The Balaban J connectivity index is 1.37. The van der Waals surface area contributed by atoms with Gasteiger partial charge in [0.05, 0.1) is 12.7 Å². The summed E-state index contributed by atoms with van der Waals surface area (Å²) in [5.74, 6) is -0.399. The van der Waals surface area contributed by atoms with E-state index in [-0.39, 0.29) is 24.0 Å². The molecule has 3 amide bonds. The lowest BCUT2D eigenvalue weighted by Gasteiger charge is -2.14. The highest BCUT2D eigenvalue weighted by Crippen LogP contribution is 2.31. The summed E-state index contributed by atoms with van der Waals surface area (Å²) < 4.78 is 43.2. The highest BCUT2D eigenvalue weighted by Gasteiger charge is 2.30. The Hall–Kier alpha value is -4.34. The topological polar surface area (TPSA) is 87.7 Å². The minimum atomic E-state index is -4.51. The fourth-order valence-electron chi connectivity index (χ4n) is 4.05. The summed E-state index contributed by atoms with van der Waals surface area (Å²) >= 11 is 0. The van der Waals surface area contributed by atoms with Gasteiger partial charge in [0.1, 0.15) is 0 Å². The number of alkyl halides is 3. The Kier molecular flexibility index (Phi) is 7.47. The van der Waals surface area contributed by atoms with E-state index in [1.54, 1.807) is 29.2 Å². The Morgan fingerprint density at radius 2 is 1.65 bits per heavy atom. The van der Waals surface area contributed by atoms with E-state index >= 15 is 0 Å². The molecule has 0 bridgehead atoms. The normalized spacial score (nSPS) is 12.8. The Morgan fingerprint density at radius 1 is 0.946 bits per heavy atom. The Bertz CT molecular complexity index is 1320. The van der Waals surface area contributed by atoms with Crippen LogP contribution in [0.4, 0.5) is 29.3 Å². The standard InChI is InChI=1S/C27H24F3N3O4/c1-37-24(34)6-3-13-33-16-19-8-7-18(14-23(19)25(33)35)17-9-11-21(12-10-17)31-26(36)32-22-5-2-4-20(15-22)27(28,29)30/h2,4-5,7-12,14-15H,3,6,13,16H2,1H3,(H2,31,32,36). The van der Waals surface area contributed by atoms with Crippen LogP contribution in [0.15, 0.2) is 66.7 Å². The SMILES string of the molecule is COC(=O)CCCN1Cc2ccc(-c3ccc(NC(=O)Nc4cccc(C(F)(F)F)c4)cc3)cc2C1=O. The maximum Gasteiger partial charge on any atom is 0.416 e. The number of rotatable bonds is 7. The summed E-state index contributed by atoms with van der Waals surface area (Å²) in [6.45, 7) is 0.945. The number of anilines is 2. The monoisotopic (exact) mass is 511 g/mol. The summed E-state index contributed by atoms with van der Waals surface area (Å²) in [6.07, 6.45) is -3.73. The number of esters is 1. The number of carbonyl (C=O) groups is 3. The van der Waals surface area contributed by atoms with Crippen LogP contribution < -0.4 is 10.6 Å². The van der Waals surface area contributed by atoms with E-state index in [1.807, 2.05) is 18.2 Å². The zero-order valence-corrected chi connectivity index (χ0v) is 19.9. The average molecular weight is 512 g/mol. The molecule has 7 nitrogen and oxygen atoms in total. The van der Waals surface area contributed by atoms with Crippen LogP contribution in [0.5, 0.6) is 0 Å². The average Bonchev–Trinajstić information content (AvgIpc) is 3.18. The third-order valence-electron chi connectivity index (χ3n) is 5.95. The van der Waals surface area contributed by atoms with Gasteiger partial charge in [-0.3, -0.25) is 9.59 Å². The number of methoxy groups -OCH3 is 1. The number of hydrogen-bond acceptors (Lipinski definition) is 4. The molecule has 0 radical (unpaired) electrons. The number of nitrogens with zero attached hydrogens (tertiary/aromatic N) is 1. The molecule has 1 aliphatic heterocycles. The molecule has 3 aromatic rings. The third-order valence-corrected chi connectivity index (χ3v) is 5.95. The second-order valence-electron chi connectivity index (χ2n) is 8.51. The molecule has 0 saturated carbocycles. The molecule has 192 valence electrons. The molecule has 37 heavy (non-hydrogen) atoms. The van der Waals surface area contributed by atoms with Crippen molar-refractivity contribution in [2.45, 2.75) is 25.6 Å². The largest absolute Gasteiger partial charge is 0.469 e. The number of hydrogen-bond donors (Lipinski definition) is 2. The van der Waals surface area contributed by atoms with Crippen LogP contribution in [0.25, 0.3) is 11.1 Å². The molecule has 0 fully saturated rings. The predicted molar refractivity (Wildman–Crippen MR) is 132 cm³/mol. The van der Waals surface area contributed by atoms with Crippen molar-refractivity contribution in [3.63, 3.8) is 0 Å². The minimum absolute atomic E-state index is 0.0195. The third kappa shape index (κ3) is 6.27. The van der Waals surface area contributed by atoms with Gasteiger partial charge in [0.2, 0.25) is 0 Å². The van der Waals surface area contributed by atoms with E-state index in [2.05, 4.69) is 15.4 Å². The zero-order chi connectivity index (χ0) is 26.6. The number of nitrogens with one attached hydrogen (secondary N) is 2. The Morgan fingerprint density at radius 3 is 2.35 bits per heavy atom. The van der Waals surface area contributed by atoms with Crippen LogP contribution in [0.3, 0.4) is 0 Å². The molecule has 0 spiro atoms. The molecular formula is C27H24F3N3O4. The quantitative estimate of drug-likeness (QED) is 0.385. The molecule has 0 saturated heterocycles. The molecule has 4 rings (SSSR count). The summed E-state index contributed by atoms with van der Waals surface area (Å²) in [5.41, 5.74) is 2.78. The van der Waals surface area contributed by atoms with E-state index in [1.165, 1.54) is 19.2 Å². The van der Waals surface area contributed by atoms with Gasteiger partial charge in [-0.15, -0.1) is 0 Å². The van der Waals surface area contributed by atoms with Gasteiger partial charge in [0.15, 0.2) is 0 Å². The molecule has 0 atom stereocenters. The summed E-state index contributed by atoms with van der Waals surface area (Å²) in [4.78, 5) is 38.1. The number of halogens is 3. The summed E-state index contributed by atoms with van der Waals surface area (Å²) in [5, 5.41) is 4.98. The fourth-order valence-corrected chi connectivity index (χ4v) is 4.05. The van der Waals surface area contributed by atoms with E-state index in [4.69, 9.17) is 0 Å². The second-order valence-corrected chi connectivity index (χ2v) is 8.51. The molecule has 1 aliphatic rings. The van der Waals surface area contributed by atoms with Crippen molar-refractivity contribution in [2.75, 3.05) is 24.3 Å². The highest BCUT2D eigenvalue weighted by atomic mass is 19.4. The van der Waals surface area contributed by atoms with E-state index in [0.29, 0.717) is 30.8 Å². The smallest absolute Gasteiger partial charge is 0.416 e. The first-order valence-electron chi connectivity index (χ1n) is 11.5. The van der Waals surface area contributed by atoms with Gasteiger partial charge in [-0.25, -0.2) is 4.79 Å². The predicted octanol–water partition coefficient (Wildman–Crippen LogP) is 5.93. The molecule has 0 aliphatic carbocycles. The van der Waals surface area contributed by atoms with Crippen LogP contribution in [-0.2, 0) is 22.3 Å². The van der Waals surface area contributed by atoms with Crippen LogP contribution in [-0.4, -0.2) is 36.5 Å². The molecule has 0 aromatic heterocycles. The molecule has 2 N–H and O–H groups in total. The maximum atomic E-state index is 12.9. The van der Waals surface area contributed by atoms with Gasteiger partial charge in [0, 0.05) is 36.4 Å². The van der Waals surface area contributed by atoms with Gasteiger partial charge >= 0.3 is 18.2 Å². The zero-order valence-electron chi connectivity index (χ0n) is 19.9. The van der Waals surface area contributed by atoms with Crippen LogP contribution in [0, 0.1) is 0 Å². The van der Waals surface area contributed by atoms with Gasteiger partial charge in [-0.2, -0.15) is 13.2 Å². The van der Waals surface area contributed by atoms with E-state index in [9.17, 15) is 27.6 Å². The van der Waals surface area contributed by atoms with E-state index < -0.39 is 17.8 Å². The lowest BCUT2D eigenvalue weighted by atomic mass is 10.0. The lowest BCUT2D eigenvalue weighted by Crippen LogP contribution is -2.25. The van der Waals surface area contributed by atoms with Crippen molar-refractivity contribution in [3.05, 3.63) is 83.4 Å². The molecule has 0 unspecified atom stereocenters. The fraction of sp³-hybridized carbons (Fsp3) is 0.222. The molecule has 1 heterocycles. The van der Waals surface area contributed by atoms with Gasteiger partial charge < -0.3 is 20.3 Å². The van der Waals surface area contributed by atoms with Crippen LogP contribution in [0.2, 0.25) is 0 Å². The van der Waals surface area contributed by atoms with Crippen LogP contribution >= 0.6 is 0 Å². The Labute approximate surface area is 211 Å². The second kappa shape index (κ2) is 10.7. The molecular weight excluding hydrogens is 487 g/mol.